The van der Waals surface area contributed by atoms with Crippen LogP contribution in [0, 0.1) is 13.8 Å². The van der Waals surface area contributed by atoms with Gasteiger partial charge in [0.05, 0.1) is 18.8 Å². The van der Waals surface area contributed by atoms with Gasteiger partial charge in [0.25, 0.3) is 5.56 Å². The molecule has 3 aromatic heterocycles. The number of pyridine rings is 1. The van der Waals surface area contributed by atoms with Gasteiger partial charge < -0.3 is 14.8 Å². The molecule has 0 aliphatic carbocycles. The quantitative estimate of drug-likeness (QED) is 0.422. The summed E-state index contributed by atoms with van der Waals surface area (Å²) in [6.07, 6.45) is 5.04. The smallest absolute Gasteiger partial charge is 0.262 e. The van der Waals surface area contributed by atoms with Gasteiger partial charge in [0.2, 0.25) is 5.91 Å². The highest BCUT2D eigenvalue weighted by molar-refractivity contribution is 7.18. The van der Waals surface area contributed by atoms with Gasteiger partial charge in [-0.2, -0.15) is 0 Å². The van der Waals surface area contributed by atoms with E-state index in [2.05, 4.69) is 15.3 Å². The number of fused-ring (bicyclic) bond motifs is 1. The highest BCUT2D eigenvalue weighted by atomic mass is 32.1. The van der Waals surface area contributed by atoms with Crippen molar-refractivity contribution in [3.8, 4) is 11.5 Å². The van der Waals surface area contributed by atoms with Gasteiger partial charge in [-0.05, 0) is 49.2 Å². The normalized spacial score (nSPS) is 10.9. The average Bonchev–Trinajstić information content (AvgIpc) is 3.12. The number of rotatable bonds is 8. The number of carbonyl (C=O) groups excluding carboxylic acids is 1. The molecule has 0 atom stereocenters. The first-order valence-corrected chi connectivity index (χ1v) is 11.2. The van der Waals surface area contributed by atoms with Crippen molar-refractivity contribution in [1.82, 2.24) is 14.5 Å². The number of amides is 1. The zero-order valence-corrected chi connectivity index (χ0v) is 19.4. The number of methoxy groups -OCH3 is 1. The molecule has 0 fully saturated rings. The minimum atomic E-state index is -0.217. The molecule has 9 heteroatoms. The lowest BCUT2D eigenvalue weighted by atomic mass is 10.2. The zero-order chi connectivity index (χ0) is 23.4. The number of hydrogen-bond donors (Lipinski definition) is 1. The summed E-state index contributed by atoms with van der Waals surface area (Å²) in [5, 5.41) is 3.49. The molecule has 0 aliphatic heterocycles. The van der Waals surface area contributed by atoms with Crippen molar-refractivity contribution in [2.24, 2.45) is 0 Å². The molecule has 1 amide bonds. The number of aryl methyl sites for hydroxylation is 3. The van der Waals surface area contributed by atoms with Crippen molar-refractivity contribution in [1.29, 1.82) is 0 Å². The van der Waals surface area contributed by atoms with Crippen LogP contribution in [0.3, 0.4) is 0 Å². The number of ether oxygens (including phenoxy) is 2. The van der Waals surface area contributed by atoms with E-state index in [-0.39, 0.29) is 24.4 Å². The van der Waals surface area contributed by atoms with Crippen LogP contribution in [-0.4, -0.2) is 27.6 Å². The van der Waals surface area contributed by atoms with Crippen LogP contribution >= 0.6 is 11.3 Å². The maximum Gasteiger partial charge on any atom is 0.262 e. The summed E-state index contributed by atoms with van der Waals surface area (Å²) >= 11 is 1.51. The van der Waals surface area contributed by atoms with Gasteiger partial charge in [-0.1, -0.05) is 0 Å². The number of anilines is 1. The van der Waals surface area contributed by atoms with Crippen LogP contribution in [-0.2, 0) is 17.9 Å². The first-order chi connectivity index (χ1) is 16.0. The Labute approximate surface area is 194 Å². The molecule has 0 saturated heterocycles. The Balaban J connectivity index is 1.42. The molecular formula is C24H24N4O4S. The maximum atomic E-state index is 12.8. The Hall–Kier alpha value is -3.72. The molecule has 4 aromatic rings. The van der Waals surface area contributed by atoms with Gasteiger partial charge in [0.1, 0.15) is 11.4 Å². The van der Waals surface area contributed by atoms with Crippen LogP contribution in [0.4, 0.5) is 5.69 Å². The number of nitrogens with zero attached hydrogens (tertiary/aromatic N) is 3. The third-order valence-electron chi connectivity index (χ3n) is 5.33. The lowest BCUT2D eigenvalue weighted by Crippen LogP contribution is -2.23. The fraction of sp³-hybridized carbons (Fsp3) is 0.250. The number of carbonyl (C=O) groups is 1. The summed E-state index contributed by atoms with van der Waals surface area (Å²) < 4.78 is 12.7. The summed E-state index contributed by atoms with van der Waals surface area (Å²) in [4.78, 5) is 35.5. The molecule has 0 unspecified atom stereocenters. The first kappa shape index (κ1) is 22.5. The predicted molar refractivity (Wildman–Crippen MR) is 128 cm³/mol. The van der Waals surface area contributed by atoms with Crippen molar-refractivity contribution >= 4 is 33.1 Å². The Morgan fingerprint density at radius 2 is 1.94 bits per heavy atom. The lowest BCUT2D eigenvalue weighted by Gasteiger charge is -2.13. The predicted octanol–water partition coefficient (Wildman–Crippen LogP) is 4.09. The number of benzene rings is 1. The van der Waals surface area contributed by atoms with Crippen LogP contribution in [0.1, 0.15) is 22.4 Å². The van der Waals surface area contributed by atoms with E-state index >= 15 is 0 Å². The molecule has 1 N–H and O–H groups in total. The summed E-state index contributed by atoms with van der Waals surface area (Å²) in [6, 6.07) is 8.93. The summed E-state index contributed by atoms with van der Waals surface area (Å²) in [5.74, 6) is 0.862. The number of nitrogens with one attached hydrogen (secondary N) is 1. The summed E-state index contributed by atoms with van der Waals surface area (Å²) in [6.45, 7) is 4.48. The van der Waals surface area contributed by atoms with Crippen molar-refractivity contribution in [3.05, 3.63) is 75.4 Å². The van der Waals surface area contributed by atoms with Crippen molar-refractivity contribution in [2.45, 2.75) is 33.4 Å². The van der Waals surface area contributed by atoms with Gasteiger partial charge in [0.15, 0.2) is 11.5 Å². The van der Waals surface area contributed by atoms with E-state index < -0.39 is 0 Å². The molecular weight excluding hydrogens is 440 g/mol. The van der Waals surface area contributed by atoms with Crippen LogP contribution < -0.4 is 20.3 Å². The van der Waals surface area contributed by atoms with E-state index in [0.29, 0.717) is 29.2 Å². The van der Waals surface area contributed by atoms with Crippen LogP contribution in [0.2, 0.25) is 0 Å². The van der Waals surface area contributed by atoms with Gasteiger partial charge in [-0.3, -0.25) is 19.1 Å². The second-order valence-electron chi connectivity index (χ2n) is 7.51. The zero-order valence-electron chi connectivity index (χ0n) is 18.6. The molecule has 0 radical (unpaired) electrons. The number of hydrogen-bond acceptors (Lipinski definition) is 7. The standard InChI is InChI=1S/C24H24N4O4S/c1-15-16(2)33-23-22(15)24(30)28(14-26-23)11-8-21(29)27-18-4-5-19(31-3)20(12-18)32-13-17-6-9-25-10-7-17/h4-7,9-10,12,14H,8,11,13H2,1-3H3,(H,27,29). The molecule has 0 bridgehead atoms. The second kappa shape index (κ2) is 9.83. The van der Waals surface area contributed by atoms with Gasteiger partial charge in [-0.15, -0.1) is 11.3 Å². The van der Waals surface area contributed by atoms with E-state index in [4.69, 9.17) is 9.47 Å². The monoisotopic (exact) mass is 464 g/mol. The highest BCUT2D eigenvalue weighted by Gasteiger charge is 2.13. The molecule has 33 heavy (non-hydrogen) atoms. The molecule has 0 saturated carbocycles. The van der Waals surface area contributed by atoms with Crippen molar-refractivity contribution in [2.75, 3.05) is 12.4 Å². The molecule has 1 aromatic carbocycles. The lowest BCUT2D eigenvalue weighted by molar-refractivity contribution is -0.116. The Kier molecular flexibility index (Phi) is 6.69. The first-order valence-electron chi connectivity index (χ1n) is 10.4. The third-order valence-corrected chi connectivity index (χ3v) is 6.44. The van der Waals surface area contributed by atoms with E-state index in [1.54, 1.807) is 37.7 Å². The summed E-state index contributed by atoms with van der Waals surface area (Å²) in [5.41, 5.74) is 2.37. The number of thiophene rings is 1. The largest absolute Gasteiger partial charge is 0.493 e. The molecule has 4 rings (SSSR count). The maximum absolute atomic E-state index is 12.8. The highest BCUT2D eigenvalue weighted by Crippen LogP contribution is 2.31. The minimum absolute atomic E-state index is 0.120. The van der Waals surface area contributed by atoms with E-state index in [9.17, 15) is 9.59 Å². The van der Waals surface area contributed by atoms with Gasteiger partial charge >= 0.3 is 0 Å². The topological polar surface area (TPSA) is 95.3 Å². The van der Waals surface area contributed by atoms with E-state index in [0.717, 1.165) is 20.8 Å². The third kappa shape index (κ3) is 5.04. The molecule has 170 valence electrons. The second-order valence-corrected chi connectivity index (χ2v) is 8.72. The molecule has 0 spiro atoms. The van der Waals surface area contributed by atoms with Crippen molar-refractivity contribution < 1.29 is 14.3 Å². The Morgan fingerprint density at radius 1 is 1.15 bits per heavy atom. The fourth-order valence-corrected chi connectivity index (χ4v) is 4.37. The van der Waals surface area contributed by atoms with E-state index in [1.165, 1.54) is 22.2 Å². The fourth-order valence-electron chi connectivity index (χ4n) is 3.38. The van der Waals surface area contributed by atoms with Crippen LogP contribution in [0.25, 0.3) is 10.2 Å². The molecule has 0 aliphatic rings. The van der Waals surface area contributed by atoms with Crippen LogP contribution in [0.15, 0.2) is 53.8 Å². The van der Waals surface area contributed by atoms with Crippen LogP contribution in [0.5, 0.6) is 11.5 Å². The van der Waals surface area contributed by atoms with Gasteiger partial charge in [0, 0.05) is 42.0 Å². The molecule has 8 nitrogen and oxygen atoms in total. The molecule has 3 heterocycles. The SMILES string of the molecule is COc1ccc(NC(=O)CCn2cnc3sc(C)c(C)c3c2=O)cc1OCc1ccncc1. The summed E-state index contributed by atoms with van der Waals surface area (Å²) in [7, 11) is 1.56. The minimum Gasteiger partial charge on any atom is -0.493 e. The Bertz CT molecular complexity index is 1350. The Morgan fingerprint density at radius 3 is 2.70 bits per heavy atom. The number of aromatic nitrogens is 3. The van der Waals surface area contributed by atoms with E-state index in [1.807, 2.05) is 26.0 Å². The van der Waals surface area contributed by atoms with Crippen molar-refractivity contribution in [3.63, 3.8) is 0 Å². The average molecular weight is 465 g/mol. The van der Waals surface area contributed by atoms with Gasteiger partial charge in [-0.25, -0.2) is 4.98 Å².